The number of halogens is 1. The lowest BCUT2D eigenvalue weighted by atomic mass is 10.2. The van der Waals surface area contributed by atoms with E-state index in [-0.39, 0.29) is 24.4 Å². The molecule has 1 N–H and O–H groups in total. The summed E-state index contributed by atoms with van der Waals surface area (Å²) in [6, 6.07) is 0.289. The highest BCUT2D eigenvalue weighted by atomic mass is 35.5. The highest BCUT2D eigenvalue weighted by molar-refractivity contribution is 5.85. The molecule has 2 rings (SSSR count). The first-order valence-corrected chi connectivity index (χ1v) is 5.60. The molecular formula is C10H18ClN5O. The van der Waals surface area contributed by atoms with Crippen LogP contribution < -0.4 is 5.32 Å². The van der Waals surface area contributed by atoms with Gasteiger partial charge in [-0.1, -0.05) is 0 Å². The van der Waals surface area contributed by atoms with E-state index in [0.717, 1.165) is 19.6 Å². The normalized spacial score (nSPS) is 19.8. The number of nitrogens with one attached hydrogen (secondary N) is 1. The topological polar surface area (TPSA) is 63.1 Å². The van der Waals surface area contributed by atoms with E-state index < -0.39 is 0 Å². The molecule has 0 spiro atoms. The Kier molecular flexibility index (Phi) is 5.37. The fourth-order valence-electron chi connectivity index (χ4n) is 1.91. The van der Waals surface area contributed by atoms with Gasteiger partial charge in [-0.2, -0.15) is 5.10 Å². The lowest BCUT2D eigenvalue weighted by Crippen LogP contribution is -2.52. The summed E-state index contributed by atoms with van der Waals surface area (Å²) in [7, 11) is 0. The number of amides is 1. The summed E-state index contributed by atoms with van der Waals surface area (Å²) in [5.74, 6) is 0.199. The van der Waals surface area contributed by atoms with Gasteiger partial charge in [0, 0.05) is 32.1 Å². The van der Waals surface area contributed by atoms with Crippen LogP contribution in [0.25, 0.3) is 0 Å². The Morgan fingerprint density at radius 3 is 3.06 bits per heavy atom. The summed E-state index contributed by atoms with van der Waals surface area (Å²) in [5.41, 5.74) is 0. The van der Waals surface area contributed by atoms with E-state index in [4.69, 9.17) is 0 Å². The summed E-state index contributed by atoms with van der Waals surface area (Å²) in [5, 5.41) is 7.24. The van der Waals surface area contributed by atoms with Gasteiger partial charge in [0.2, 0.25) is 5.91 Å². The summed E-state index contributed by atoms with van der Waals surface area (Å²) < 4.78 is 1.69. The number of nitrogens with zero attached hydrogens (tertiary/aromatic N) is 4. The molecule has 1 amide bonds. The molecule has 17 heavy (non-hydrogen) atoms. The van der Waals surface area contributed by atoms with Crippen LogP contribution in [-0.4, -0.2) is 51.2 Å². The molecule has 6 nitrogen and oxygen atoms in total. The van der Waals surface area contributed by atoms with E-state index in [9.17, 15) is 4.79 Å². The van der Waals surface area contributed by atoms with Gasteiger partial charge < -0.3 is 10.2 Å². The van der Waals surface area contributed by atoms with Crippen LogP contribution in [0.4, 0.5) is 0 Å². The SMILES string of the molecule is C[C@H]1CNCCN1C(=O)CCn1cncn1.Cl. The highest BCUT2D eigenvalue weighted by Gasteiger charge is 2.22. The fraction of sp³-hybridized carbons (Fsp3) is 0.700. The molecule has 1 aromatic heterocycles. The first-order valence-electron chi connectivity index (χ1n) is 5.60. The minimum absolute atomic E-state index is 0. The maximum absolute atomic E-state index is 11.9. The molecule has 1 aliphatic rings. The van der Waals surface area contributed by atoms with E-state index in [1.54, 1.807) is 11.0 Å². The zero-order chi connectivity index (χ0) is 11.4. The highest BCUT2D eigenvalue weighted by Crippen LogP contribution is 2.05. The monoisotopic (exact) mass is 259 g/mol. The van der Waals surface area contributed by atoms with Gasteiger partial charge in [-0.15, -0.1) is 12.4 Å². The average molecular weight is 260 g/mol. The van der Waals surface area contributed by atoms with Crippen molar-refractivity contribution in [2.75, 3.05) is 19.6 Å². The number of aromatic nitrogens is 3. The van der Waals surface area contributed by atoms with Crippen molar-refractivity contribution in [3.63, 3.8) is 0 Å². The zero-order valence-electron chi connectivity index (χ0n) is 9.87. The Bertz CT molecular complexity index is 342. The van der Waals surface area contributed by atoms with Crippen molar-refractivity contribution in [3.05, 3.63) is 12.7 Å². The molecule has 2 heterocycles. The van der Waals surface area contributed by atoms with Gasteiger partial charge in [0.25, 0.3) is 0 Å². The van der Waals surface area contributed by atoms with Gasteiger partial charge in [0.15, 0.2) is 0 Å². The third kappa shape index (κ3) is 3.67. The number of hydrogen-bond acceptors (Lipinski definition) is 4. The number of piperazine rings is 1. The van der Waals surface area contributed by atoms with Crippen molar-refractivity contribution in [1.29, 1.82) is 0 Å². The number of carbonyl (C=O) groups is 1. The Labute approximate surface area is 107 Å². The van der Waals surface area contributed by atoms with Gasteiger partial charge in [-0.05, 0) is 6.92 Å². The molecular weight excluding hydrogens is 242 g/mol. The van der Waals surface area contributed by atoms with Crippen LogP contribution in [-0.2, 0) is 11.3 Å². The van der Waals surface area contributed by atoms with E-state index >= 15 is 0 Å². The zero-order valence-corrected chi connectivity index (χ0v) is 10.7. The van der Waals surface area contributed by atoms with Gasteiger partial charge in [-0.3, -0.25) is 9.48 Å². The predicted molar refractivity (Wildman–Crippen MR) is 65.9 cm³/mol. The molecule has 0 radical (unpaired) electrons. The molecule has 0 aromatic carbocycles. The summed E-state index contributed by atoms with van der Waals surface area (Å²) in [6.07, 6.45) is 3.61. The minimum atomic E-state index is 0. The lowest BCUT2D eigenvalue weighted by molar-refractivity contribution is -0.134. The van der Waals surface area contributed by atoms with Crippen LogP contribution >= 0.6 is 12.4 Å². The Balaban J connectivity index is 0.00000144. The van der Waals surface area contributed by atoms with Crippen molar-refractivity contribution in [3.8, 4) is 0 Å². The number of carbonyl (C=O) groups excluding carboxylic acids is 1. The molecule has 1 atom stereocenters. The fourth-order valence-corrected chi connectivity index (χ4v) is 1.91. The van der Waals surface area contributed by atoms with E-state index in [1.165, 1.54) is 6.33 Å². The number of hydrogen-bond donors (Lipinski definition) is 1. The molecule has 0 aliphatic carbocycles. The smallest absolute Gasteiger partial charge is 0.224 e. The predicted octanol–water partition coefficient (Wildman–Crippen LogP) is -0.0897. The molecule has 1 fully saturated rings. The maximum atomic E-state index is 11.9. The van der Waals surface area contributed by atoms with Gasteiger partial charge in [0.1, 0.15) is 12.7 Å². The summed E-state index contributed by atoms with van der Waals surface area (Å²) in [4.78, 5) is 17.7. The van der Waals surface area contributed by atoms with Gasteiger partial charge >= 0.3 is 0 Å². The van der Waals surface area contributed by atoms with E-state index in [2.05, 4.69) is 22.3 Å². The molecule has 0 bridgehead atoms. The number of rotatable bonds is 3. The van der Waals surface area contributed by atoms with Crippen LogP contribution in [0.5, 0.6) is 0 Å². The van der Waals surface area contributed by atoms with Crippen LogP contribution in [0.1, 0.15) is 13.3 Å². The molecule has 0 saturated carbocycles. The van der Waals surface area contributed by atoms with Crippen molar-refractivity contribution < 1.29 is 4.79 Å². The first-order chi connectivity index (χ1) is 7.77. The second-order valence-corrected chi connectivity index (χ2v) is 4.05. The Morgan fingerprint density at radius 1 is 1.59 bits per heavy atom. The van der Waals surface area contributed by atoms with Crippen LogP contribution in [0.2, 0.25) is 0 Å². The largest absolute Gasteiger partial charge is 0.337 e. The second-order valence-electron chi connectivity index (χ2n) is 4.05. The van der Waals surface area contributed by atoms with Gasteiger partial charge in [-0.25, -0.2) is 4.98 Å². The first kappa shape index (κ1) is 13.9. The molecule has 1 aliphatic heterocycles. The maximum Gasteiger partial charge on any atom is 0.224 e. The van der Waals surface area contributed by atoms with Crippen LogP contribution in [0.15, 0.2) is 12.7 Å². The van der Waals surface area contributed by atoms with Crippen molar-refractivity contribution in [1.82, 2.24) is 25.0 Å². The van der Waals surface area contributed by atoms with Gasteiger partial charge in [0.05, 0.1) is 6.54 Å². The van der Waals surface area contributed by atoms with Crippen molar-refractivity contribution >= 4 is 18.3 Å². The number of aryl methyl sites for hydroxylation is 1. The van der Waals surface area contributed by atoms with E-state index in [0.29, 0.717) is 13.0 Å². The molecule has 96 valence electrons. The standard InChI is InChI=1S/C10H17N5O.ClH/c1-9-6-11-3-5-15(9)10(16)2-4-14-8-12-7-13-14;/h7-9,11H,2-6H2,1H3;1H/t9-;/m0./s1. The third-order valence-corrected chi connectivity index (χ3v) is 2.84. The molecule has 1 aromatic rings. The lowest BCUT2D eigenvalue weighted by Gasteiger charge is -2.34. The summed E-state index contributed by atoms with van der Waals surface area (Å²) >= 11 is 0. The Morgan fingerprint density at radius 2 is 2.41 bits per heavy atom. The molecule has 1 saturated heterocycles. The second kappa shape index (κ2) is 6.56. The van der Waals surface area contributed by atoms with Crippen LogP contribution in [0, 0.1) is 0 Å². The average Bonchev–Trinajstić information content (AvgIpc) is 2.79. The van der Waals surface area contributed by atoms with Crippen molar-refractivity contribution in [2.45, 2.75) is 25.9 Å². The summed E-state index contributed by atoms with van der Waals surface area (Å²) in [6.45, 7) is 5.25. The quantitative estimate of drug-likeness (QED) is 0.824. The minimum Gasteiger partial charge on any atom is -0.337 e. The Hall–Kier alpha value is -1.14. The third-order valence-electron chi connectivity index (χ3n) is 2.84. The van der Waals surface area contributed by atoms with Crippen LogP contribution in [0.3, 0.4) is 0 Å². The molecule has 7 heteroatoms. The molecule has 0 unspecified atom stereocenters. The van der Waals surface area contributed by atoms with Crippen molar-refractivity contribution in [2.24, 2.45) is 0 Å². The van der Waals surface area contributed by atoms with E-state index in [1.807, 2.05) is 4.90 Å².